The van der Waals surface area contributed by atoms with Gasteiger partial charge in [-0.3, -0.25) is 4.79 Å². The van der Waals surface area contributed by atoms with Crippen molar-refractivity contribution in [2.24, 2.45) is 0 Å². The molecule has 2 N–H and O–H groups in total. The van der Waals surface area contributed by atoms with Crippen molar-refractivity contribution in [1.29, 1.82) is 0 Å². The number of aliphatic hydroxyl groups excluding tert-OH is 1. The van der Waals surface area contributed by atoms with Crippen molar-refractivity contribution in [3.05, 3.63) is 11.6 Å². The van der Waals surface area contributed by atoms with Gasteiger partial charge in [-0.2, -0.15) is 0 Å². The van der Waals surface area contributed by atoms with Gasteiger partial charge in [0.25, 0.3) is 5.97 Å². The first-order chi connectivity index (χ1) is 5.16. The second kappa shape index (κ2) is 5.92. The van der Waals surface area contributed by atoms with Gasteiger partial charge in [0.1, 0.15) is 0 Å². The molecule has 0 aliphatic heterocycles. The second-order valence-electron chi connectivity index (χ2n) is 2.43. The SMILES string of the molecule is CC(=O)O.OCC1=CCCC1. The first-order valence-electron chi connectivity index (χ1n) is 3.65. The highest BCUT2D eigenvalue weighted by Crippen LogP contribution is 2.15. The van der Waals surface area contributed by atoms with Gasteiger partial charge in [0.2, 0.25) is 0 Å². The van der Waals surface area contributed by atoms with E-state index in [2.05, 4.69) is 6.08 Å². The zero-order valence-electron chi connectivity index (χ0n) is 6.71. The van der Waals surface area contributed by atoms with Crippen molar-refractivity contribution in [2.75, 3.05) is 6.61 Å². The predicted molar refractivity (Wildman–Crippen MR) is 42.3 cm³/mol. The molecule has 1 aliphatic carbocycles. The quantitative estimate of drug-likeness (QED) is 0.563. The maximum absolute atomic E-state index is 9.00. The van der Waals surface area contributed by atoms with Crippen LogP contribution >= 0.6 is 0 Å². The summed E-state index contributed by atoms with van der Waals surface area (Å²) < 4.78 is 0. The third-order valence-corrected chi connectivity index (χ3v) is 1.34. The Morgan fingerprint density at radius 3 is 2.45 bits per heavy atom. The average molecular weight is 158 g/mol. The van der Waals surface area contributed by atoms with E-state index < -0.39 is 5.97 Å². The Kier molecular flexibility index (Phi) is 5.47. The smallest absolute Gasteiger partial charge is 0.300 e. The van der Waals surface area contributed by atoms with Crippen LogP contribution in [0.25, 0.3) is 0 Å². The fraction of sp³-hybridized carbons (Fsp3) is 0.625. The monoisotopic (exact) mass is 158 g/mol. The van der Waals surface area contributed by atoms with Crippen LogP contribution in [0.1, 0.15) is 26.2 Å². The van der Waals surface area contributed by atoms with Crippen LogP contribution < -0.4 is 0 Å². The maximum Gasteiger partial charge on any atom is 0.300 e. The molecule has 3 nitrogen and oxygen atoms in total. The minimum absolute atomic E-state index is 0.278. The molecule has 0 aromatic rings. The van der Waals surface area contributed by atoms with E-state index in [0.29, 0.717) is 0 Å². The Bertz CT molecular complexity index is 145. The topological polar surface area (TPSA) is 57.5 Å². The summed E-state index contributed by atoms with van der Waals surface area (Å²) in [7, 11) is 0. The Morgan fingerprint density at radius 2 is 2.27 bits per heavy atom. The van der Waals surface area contributed by atoms with Gasteiger partial charge in [0.15, 0.2) is 0 Å². The van der Waals surface area contributed by atoms with Crippen LogP contribution in [0.15, 0.2) is 11.6 Å². The fourth-order valence-corrected chi connectivity index (χ4v) is 0.881. The summed E-state index contributed by atoms with van der Waals surface area (Å²) in [6.45, 7) is 1.36. The van der Waals surface area contributed by atoms with Crippen LogP contribution in [0, 0.1) is 0 Å². The number of carbonyl (C=O) groups is 1. The summed E-state index contributed by atoms with van der Waals surface area (Å²) in [5.74, 6) is -0.833. The van der Waals surface area contributed by atoms with Crippen molar-refractivity contribution in [2.45, 2.75) is 26.2 Å². The lowest BCUT2D eigenvalue weighted by Crippen LogP contribution is -1.82. The summed E-state index contributed by atoms with van der Waals surface area (Å²) >= 11 is 0. The Hall–Kier alpha value is -0.830. The van der Waals surface area contributed by atoms with Crippen molar-refractivity contribution in [3.63, 3.8) is 0 Å². The van der Waals surface area contributed by atoms with Crippen LogP contribution in [-0.4, -0.2) is 22.8 Å². The van der Waals surface area contributed by atoms with Crippen molar-refractivity contribution in [3.8, 4) is 0 Å². The molecular formula is C8H14O3. The first kappa shape index (κ1) is 10.2. The minimum atomic E-state index is -0.833. The number of aliphatic hydroxyl groups is 1. The summed E-state index contributed by atoms with van der Waals surface area (Å²) in [5, 5.41) is 15.9. The van der Waals surface area contributed by atoms with Gasteiger partial charge in [0, 0.05) is 6.92 Å². The average Bonchev–Trinajstić information content (AvgIpc) is 2.36. The molecule has 0 saturated carbocycles. The van der Waals surface area contributed by atoms with E-state index in [1.54, 1.807) is 0 Å². The van der Waals surface area contributed by atoms with E-state index in [4.69, 9.17) is 15.0 Å². The zero-order valence-corrected chi connectivity index (χ0v) is 6.71. The Labute approximate surface area is 66.4 Å². The third kappa shape index (κ3) is 7.06. The lowest BCUT2D eigenvalue weighted by Gasteiger charge is -1.88. The van der Waals surface area contributed by atoms with E-state index in [0.717, 1.165) is 13.3 Å². The number of carboxylic acids is 1. The number of hydrogen-bond donors (Lipinski definition) is 2. The van der Waals surface area contributed by atoms with E-state index in [9.17, 15) is 0 Å². The molecule has 0 aromatic heterocycles. The molecule has 0 radical (unpaired) electrons. The van der Waals surface area contributed by atoms with Gasteiger partial charge < -0.3 is 10.2 Å². The summed E-state index contributed by atoms with van der Waals surface area (Å²) in [6, 6.07) is 0. The summed E-state index contributed by atoms with van der Waals surface area (Å²) in [6.07, 6.45) is 5.67. The molecule has 1 rings (SSSR count). The maximum atomic E-state index is 9.00. The van der Waals surface area contributed by atoms with Gasteiger partial charge in [0.05, 0.1) is 6.61 Å². The number of aliphatic carboxylic acids is 1. The highest BCUT2D eigenvalue weighted by molar-refractivity contribution is 5.62. The van der Waals surface area contributed by atoms with E-state index in [-0.39, 0.29) is 6.61 Å². The number of hydrogen-bond acceptors (Lipinski definition) is 2. The fourth-order valence-electron chi connectivity index (χ4n) is 0.881. The zero-order chi connectivity index (χ0) is 8.69. The van der Waals surface area contributed by atoms with Gasteiger partial charge in [-0.15, -0.1) is 0 Å². The van der Waals surface area contributed by atoms with E-state index in [1.807, 2.05) is 0 Å². The highest BCUT2D eigenvalue weighted by Gasteiger charge is 2.00. The highest BCUT2D eigenvalue weighted by atomic mass is 16.4. The van der Waals surface area contributed by atoms with Crippen LogP contribution in [-0.2, 0) is 4.79 Å². The van der Waals surface area contributed by atoms with Crippen molar-refractivity contribution >= 4 is 5.97 Å². The summed E-state index contributed by atoms with van der Waals surface area (Å²) in [5.41, 5.74) is 1.22. The van der Waals surface area contributed by atoms with Crippen LogP contribution in [0.5, 0.6) is 0 Å². The molecule has 0 fully saturated rings. The van der Waals surface area contributed by atoms with Crippen molar-refractivity contribution in [1.82, 2.24) is 0 Å². The molecule has 0 saturated heterocycles. The molecule has 11 heavy (non-hydrogen) atoms. The molecule has 3 heteroatoms. The molecule has 0 aromatic carbocycles. The molecule has 1 aliphatic rings. The number of allylic oxidation sites excluding steroid dienone is 1. The molecule has 0 heterocycles. The standard InChI is InChI=1S/C6H10O.C2H4O2/c7-5-6-3-1-2-4-6;1-2(3)4/h3,7H,1-2,4-5H2;1H3,(H,3,4). The van der Waals surface area contributed by atoms with Crippen LogP contribution in [0.4, 0.5) is 0 Å². The summed E-state index contributed by atoms with van der Waals surface area (Å²) in [4.78, 5) is 9.00. The lowest BCUT2D eigenvalue weighted by atomic mass is 10.2. The molecule has 0 bridgehead atoms. The third-order valence-electron chi connectivity index (χ3n) is 1.34. The second-order valence-corrected chi connectivity index (χ2v) is 2.43. The van der Waals surface area contributed by atoms with Gasteiger partial charge in [-0.25, -0.2) is 0 Å². The van der Waals surface area contributed by atoms with Gasteiger partial charge in [-0.1, -0.05) is 6.08 Å². The molecular weight excluding hydrogens is 144 g/mol. The van der Waals surface area contributed by atoms with Gasteiger partial charge in [-0.05, 0) is 24.8 Å². The van der Waals surface area contributed by atoms with E-state index in [1.165, 1.54) is 18.4 Å². The Morgan fingerprint density at radius 1 is 1.73 bits per heavy atom. The first-order valence-corrected chi connectivity index (χ1v) is 3.65. The Balaban J connectivity index is 0.000000218. The number of carboxylic acid groups (broad SMARTS) is 1. The number of rotatable bonds is 1. The molecule has 64 valence electrons. The molecule has 0 atom stereocenters. The molecule has 0 spiro atoms. The minimum Gasteiger partial charge on any atom is -0.481 e. The van der Waals surface area contributed by atoms with Crippen molar-refractivity contribution < 1.29 is 15.0 Å². The lowest BCUT2D eigenvalue weighted by molar-refractivity contribution is -0.134. The van der Waals surface area contributed by atoms with Gasteiger partial charge >= 0.3 is 0 Å². The largest absolute Gasteiger partial charge is 0.481 e. The molecule has 0 amide bonds. The van der Waals surface area contributed by atoms with E-state index >= 15 is 0 Å². The predicted octanol–water partition coefficient (Wildman–Crippen LogP) is 1.18. The van der Waals surface area contributed by atoms with Crippen LogP contribution in [0.3, 0.4) is 0 Å². The molecule has 0 unspecified atom stereocenters. The normalized spacial score (nSPS) is 14.9. The van der Waals surface area contributed by atoms with Crippen LogP contribution in [0.2, 0.25) is 0 Å².